The Labute approximate surface area is 77.7 Å². The van der Waals surface area contributed by atoms with Gasteiger partial charge in [0.05, 0.1) is 0 Å². The smallest absolute Gasteiger partial charge is 0.0383 e. The van der Waals surface area contributed by atoms with Gasteiger partial charge in [0.25, 0.3) is 0 Å². The van der Waals surface area contributed by atoms with Gasteiger partial charge in [-0.3, -0.25) is 0 Å². The van der Waals surface area contributed by atoms with Crippen LogP contribution in [0.3, 0.4) is 0 Å². The van der Waals surface area contributed by atoms with E-state index in [2.05, 4.69) is 20.8 Å². The molecule has 0 spiro atoms. The van der Waals surface area contributed by atoms with Gasteiger partial charge in [-0.2, -0.15) is 0 Å². The van der Waals surface area contributed by atoms with Gasteiger partial charge < -0.3 is 0 Å². The normalized spacial score (nSPS) is 30.0. The molecule has 12 heavy (non-hydrogen) atoms. The highest BCUT2D eigenvalue weighted by molar-refractivity contribution is 4.77. The fourth-order valence-corrected chi connectivity index (χ4v) is 2.78. The third kappa shape index (κ3) is 2.80. The van der Waals surface area contributed by atoms with Gasteiger partial charge in [-0.1, -0.05) is 52.9 Å². The summed E-state index contributed by atoms with van der Waals surface area (Å²) in [6.07, 6.45) is 8.89. The Morgan fingerprint density at radius 3 is 2.42 bits per heavy atom. The van der Waals surface area contributed by atoms with Crippen molar-refractivity contribution in [2.24, 2.45) is 17.8 Å². The quantitative estimate of drug-likeness (QED) is 0.588. The van der Waals surface area contributed by atoms with Crippen LogP contribution in [-0.4, -0.2) is 0 Å². The molecule has 0 N–H and O–H groups in total. The van der Waals surface area contributed by atoms with Gasteiger partial charge >= 0.3 is 0 Å². The average molecular weight is 168 g/mol. The maximum atomic E-state index is 2.36. The zero-order valence-corrected chi connectivity index (χ0v) is 8.97. The fourth-order valence-electron chi connectivity index (χ4n) is 2.78. The van der Waals surface area contributed by atoms with E-state index in [-0.39, 0.29) is 0 Å². The summed E-state index contributed by atoms with van der Waals surface area (Å²) in [6, 6.07) is 0. The third-order valence-electron chi connectivity index (χ3n) is 3.25. The Kier molecular flexibility index (Phi) is 4.11. The zero-order chi connectivity index (χ0) is 8.97. The molecule has 0 heteroatoms. The van der Waals surface area contributed by atoms with Crippen LogP contribution in [0.25, 0.3) is 0 Å². The minimum absolute atomic E-state index is 0.910. The first kappa shape index (κ1) is 10.1. The van der Waals surface area contributed by atoms with E-state index < -0.39 is 0 Å². The molecule has 0 nitrogen and oxygen atoms in total. The Balaban J connectivity index is 2.30. The molecule has 0 saturated heterocycles. The number of hydrogen-bond acceptors (Lipinski definition) is 0. The largest absolute Gasteiger partial charge is 0.0654 e. The molecule has 0 radical (unpaired) electrons. The topological polar surface area (TPSA) is 0 Å². The fraction of sp³-hybridized carbons (Fsp3) is 1.00. The molecule has 1 rings (SSSR count). The third-order valence-corrected chi connectivity index (χ3v) is 3.25. The van der Waals surface area contributed by atoms with Crippen LogP contribution >= 0.6 is 0 Å². The van der Waals surface area contributed by atoms with E-state index in [1.165, 1.54) is 38.5 Å². The van der Waals surface area contributed by atoms with Crippen molar-refractivity contribution >= 4 is 0 Å². The van der Waals surface area contributed by atoms with Crippen LogP contribution in [0.4, 0.5) is 0 Å². The standard InChI is InChI=1S/C12H24/c1-4-6-11-7-5-8-12(11)9-10(2)3/h10-12H,4-9H2,1-3H3. The summed E-state index contributed by atoms with van der Waals surface area (Å²) in [5.74, 6) is 3.06. The van der Waals surface area contributed by atoms with Crippen molar-refractivity contribution in [1.82, 2.24) is 0 Å². The van der Waals surface area contributed by atoms with Crippen molar-refractivity contribution in [1.29, 1.82) is 0 Å². The van der Waals surface area contributed by atoms with Crippen LogP contribution in [0.5, 0.6) is 0 Å². The van der Waals surface area contributed by atoms with Crippen molar-refractivity contribution in [3.63, 3.8) is 0 Å². The van der Waals surface area contributed by atoms with Crippen molar-refractivity contribution in [2.75, 3.05) is 0 Å². The first-order valence-electron chi connectivity index (χ1n) is 5.74. The lowest BCUT2D eigenvalue weighted by Crippen LogP contribution is -2.10. The summed E-state index contributed by atoms with van der Waals surface area (Å²) in [4.78, 5) is 0. The summed E-state index contributed by atoms with van der Waals surface area (Å²) in [5.41, 5.74) is 0. The second-order valence-corrected chi connectivity index (χ2v) is 4.87. The van der Waals surface area contributed by atoms with Crippen LogP contribution in [0.1, 0.15) is 59.3 Å². The Hall–Kier alpha value is 0. The molecule has 2 unspecified atom stereocenters. The van der Waals surface area contributed by atoms with Crippen LogP contribution < -0.4 is 0 Å². The van der Waals surface area contributed by atoms with Crippen LogP contribution in [0, 0.1) is 17.8 Å². The molecule has 1 saturated carbocycles. The second kappa shape index (κ2) is 4.89. The molecule has 1 aliphatic carbocycles. The minimum atomic E-state index is 0.910. The van der Waals surface area contributed by atoms with Crippen molar-refractivity contribution in [3.05, 3.63) is 0 Å². The monoisotopic (exact) mass is 168 g/mol. The van der Waals surface area contributed by atoms with Gasteiger partial charge in [-0.05, 0) is 24.2 Å². The van der Waals surface area contributed by atoms with Crippen molar-refractivity contribution in [3.8, 4) is 0 Å². The van der Waals surface area contributed by atoms with Gasteiger partial charge in [-0.25, -0.2) is 0 Å². The summed E-state index contributed by atoms with van der Waals surface area (Å²) in [6.45, 7) is 7.05. The second-order valence-electron chi connectivity index (χ2n) is 4.87. The lowest BCUT2D eigenvalue weighted by Gasteiger charge is -2.20. The maximum Gasteiger partial charge on any atom is -0.0383 e. The van der Waals surface area contributed by atoms with E-state index in [4.69, 9.17) is 0 Å². The molecule has 72 valence electrons. The Morgan fingerprint density at radius 1 is 1.17 bits per heavy atom. The SMILES string of the molecule is CCCC1CCCC1CC(C)C. The van der Waals surface area contributed by atoms with Gasteiger partial charge in [0.2, 0.25) is 0 Å². The van der Waals surface area contributed by atoms with Gasteiger partial charge in [0.1, 0.15) is 0 Å². The first-order valence-corrected chi connectivity index (χ1v) is 5.74. The Morgan fingerprint density at radius 2 is 1.83 bits per heavy atom. The highest BCUT2D eigenvalue weighted by Gasteiger charge is 2.26. The Bertz CT molecular complexity index is 115. The van der Waals surface area contributed by atoms with Gasteiger partial charge in [0.15, 0.2) is 0 Å². The molecule has 0 aromatic rings. The predicted molar refractivity (Wildman–Crippen MR) is 55.2 cm³/mol. The van der Waals surface area contributed by atoms with E-state index in [1.54, 1.807) is 0 Å². The molecular formula is C12H24. The van der Waals surface area contributed by atoms with Crippen molar-refractivity contribution < 1.29 is 0 Å². The lowest BCUT2D eigenvalue weighted by atomic mass is 9.86. The number of hydrogen-bond donors (Lipinski definition) is 0. The molecule has 0 aromatic heterocycles. The molecular weight excluding hydrogens is 144 g/mol. The van der Waals surface area contributed by atoms with Crippen LogP contribution in [0.15, 0.2) is 0 Å². The van der Waals surface area contributed by atoms with Crippen molar-refractivity contribution in [2.45, 2.75) is 59.3 Å². The molecule has 0 aliphatic heterocycles. The molecule has 0 amide bonds. The highest BCUT2D eigenvalue weighted by Crippen LogP contribution is 2.38. The van der Waals surface area contributed by atoms with Gasteiger partial charge in [0, 0.05) is 0 Å². The van der Waals surface area contributed by atoms with Crippen LogP contribution in [-0.2, 0) is 0 Å². The molecule has 0 aromatic carbocycles. The van der Waals surface area contributed by atoms with E-state index >= 15 is 0 Å². The molecule has 1 aliphatic rings. The molecule has 1 fully saturated rings. The lowest BCUT2D eigenvalue weighted by molar-refractivity contribution is 0.306. The highest BCUT2D eigenvalue weighted by atomic mass is 14.3. The van der Waals surface area contributed by atoms with Gasteiger partial charge in [-0.15, -0.1) is 0 Å². The van der Waals surface area contributed by atoms with Crippen LogP contribution in [0.2, 0.25) is 0 Å². The molecule has 0 bridgehead atoms. The zero-order valence-electron chi connectivity index (χ0n) is 8.97. The molecule has 2 atom stereocenters. The van der Waals surface area contributed by atoms with E-state index in [9.17, 15) is 0 Å². The van der Waals surface area contributed by atoms with E-state index in [0.29, 0.717) is 0 Å². The maximum absolute atomic E-state index is 2.36. The summed E-state index contributed by atoms with van der Waals surface area (Å²) in [7, 11) is 0. The van der Waals surface area contributed by atoms with E-state index in [1.807, 2.05) is 0 Å². The summed E-state index contributed by atoms with van der Waals surface area (Å²) < 4.78 is 0. The summed E-state index contributed by atoms with van der Waals surface area (Å²) in [5, 5.41) is 0. The molecule has 0 heterocycles. The first-order chi connectivity index (χ1) is 5.74. The average Bonchev–Trinajstić information content (AvgIpc) is 2.37. The van der Waals surface area contributed by atoms with E-state index in [0.717, 1.165) is 17.8 Å². The number of rotatable bonds is 4. The minimum Gasteiger partial charge on any atom is -0.0654 e. The predicted octanol–water partition coefficient (Wildman–Crippen LogP) is 4.25. The summed E-state index contributed by atoms with van der Waals surface area (Å²) >= 11 is 0.